The van der Waals surface area contributed by atoms with Crippen molar-refractivity contribution in [1.82, 2.24) is 4.90 Å². The number of hydrogen-bond acceptors (Lipinski definition) is 5. The van der Waals surface area contributed by atoms with E-state index in [2.05, 4.69) is 10.2 Å². The number of amidine groups is 1. The molecule has 0 radical (unpaired) electrons. The van der Waals surface area contributed by atoms with Crippen LogP contribution in [0.15, 0.2) is 58.7 Å². The molecule has 27 heavy (non-hydrogen) atoms. The van der Waals surface area contributed by atoms with Crippen LogP contribution in [0.2, 0.25) is 5.02 Å². The summed E-state index contributed by atoms with van der Waals surface area (Å²) in [5, 5.41) is 9.63. The topological polar surface area (TPSA) is 54.3 Å². The maximum absolute atomic E-state index is 12.7. The van der Waals surface area contributed by atoms with Gasteiger partial charge in [0, 0.05) is 5.02 Å². The number of nitrogens with zero attached hydrogens (tertiary/aromatic N) is 3. The summed E-state index contributed by atoms with van der Waals surface area (Å²) < 4.78 is 5.18. The van der Waals surface area contributed by atoms with Crippen molar-refractivity contribution in [1.29, 1.82) is 0 Å². The summed E-state index contributed by atoms with van der Waals surface area (Å²) in [6.45, 7) is 2.46. The SMILES string of the molecule is CCC1S/C(=N/N=C/c2ccc(Cl)cc2)N(Cc2ccc(OC)cc2)C1=O. The zero-order valence-corrected chi connectivity index (χ0v) is 16.7. The molecule has 0 aliphatic carbocycles. The third-order valence-corrected chi connectivity index (χ3v) is 5.69. The van der Waals surface area contributed by atoms with Crippen molar-refractivity contribution in [2.24, 2.45) is 10.2 Å². The Labute approximate surface area is 168 Å². The molecule has 0 aromatic heterocycles. The first-order valence-corrected chi connectivity index (χ1v) is 9.84. The first-order valence-electron chi connectivity index (χ1n) is 8.58. The van der Waals surface area contributed by atoms with Crippen LogP contribution in [0.3, 0.4) is 0 Å². The molecule has 0 bridgehead atoms. The van der Waals surface area contributed by atoms with E-state index in [1.54, 1.807) is 30.4 Å². The van der Waals surface area contributed by atoms with Gasteiger partial charge in [0.15, 0.2) is 5.17 Å². The Balaban J connectivity index is 1.77. The van der Waals surface area contributed by atoms with Crippen LogP contribution in [0.25, 0.3) is 0 Å². The Hall–Kier alpha value is -2.31. The number of ether oxygens (including phenoxy) is 1. The van der Waals surface area contributed by atoms with Crippen LogP contribution in [-0.2, 0) is 11.3 Å². The second-order valence-corrected chi connectivity index (χ2v) is 7.57. The minimum atomic E-state index is -0.118. The molecular formula is C20H20ClN3O2S. The number of methoxy groups -OCH3 is 1. The lowest BCUT2D eigenvalue weighted by molar-refractivity contribution is -0.126. The third kappa shape index (κ3) is 4.90. The Morgan fingerprint density at radius 1 is 1.19 bits per heavy atom. The number of rotatable bonds is 6. The molecule has 0 spiro atoms. The molecule has 0 N–H and O–H groups in total. The van der Waals surface area contributed by atoms with Crippen LogP contribution >= 0.6 is 23.4 Å². The van der Waals surface area contributed by atoms with Crippen LogP contribution < -0.4 is 4.74 Å². The molecular weight excluding hydrogens is 382 g/mol. The molecule has 1 aliphatic heterocycles. The normalized spacial score (nSPS) is 18.6. The zero-order valence-electron chi connectivity index (χ0n) is 15.1. The second kappa shape index (κ2) is 9.06. The van der Waals surface area contributed by atoms with Gasteiger partial charge in [0.05, 0.1) is 25.1 Å². The second-order valence-electron chi connectivity index (χ2n) is 5.97. The minimum absolute atomic E-state index is 0.0683. The number of carbonyl (C=O) groups is 1. The average Bonchev–Trinajstić information content (AvgIpc) is 2.99. The van der Waals surface area contributed by atoms with Gasteiger partial charge in [-0.05, 0) is 41.8 Å². The fraction of sp³-hybridized carbons (Fsp3) is 0.250. The molecule has 2 aromatic carbocycles. The number of thioether (sulfide) groups is 1. The van der Waals surface area contributed by atoms with E-state index < -0.39 is 0 Å². The molecule has 1 aliphatic rings. The number of halogens is 1. The quantitative estimate of drug-likeness (QED) is 0.525. The van der Waals surface area contributed by atoms with E-state index >= 15 is 0 Å². The summed E-state index contributed by atoms with van der Waals surface area (Å²) in [5.74, 6) is 0.854. The monoisotopic (exact) mass is 401 g/mol. The molecule has 1 atom stereocenters. The molecule has 1 heterocycles. The molecule has 5 nitrogen and oxygen atoms in total. The Morgan fingerprint density at radius 3 is 2.52 bits per heavy atom. The molecule has 1 unspecified atom stereocenters. The highest BCUT2D eigenvalue weighted by Gasteiger charge is 2.36. The summed E-state index contributed by atoms with van der Waals surface area (Å²) in [7, 11) is 1.63. The van der Waals surface area contributed by atoms with Gasteiger partial charge < -0.3 is 4.74 Å². The summed E-state index contributed by atoms with van der Waals surface area (Å²) in [6.07, 6.45) is 2.40. The highest BCUT2D eigenvalue weighted by molar-refractivity contribution is 8.15. The Kier molecular flexibility index (Phi) is 6.53. The first-order chi connectivity index (χ1) is 13.1. The molecule has 0 saturated carbocycles. The van der Waals surface area contributed by atoms with Gasteiger partial charge in [-0.2, -0.15) is 5.10 Å². The lowest BCUT2D eigenvalue weighted by atomic mass is 10.2. The molecule has 3 rings (SSSR count). The number of carbonyl (C=O) groups excluding carboxylic acids is 1. The van der Waals surface area contributed by atoms with Crippen LogP contribution in [-0.4, -0.2) is 34.5 Å². The van der Waals surface area contributed by atoms with Gasteiger partial charge in [-0.25, -0.2) is 0 Å². The third-order valence-electron chi connectivity index (χ3n) is 4.11. The van der Waals surface area contributed by atoms with Gasteiger partial charge in [0.1, 0.15) is 5.75 Å². The van der Waals surface area contributed by atoms with E-state index in [1.807, 2.05) is 43.3 Å². The zero-order chi connectivity index (χ0) is 19.2. The van der Waals surface area contributed by atoms with Crippen LogP contribution in [0.4, 0.5) is 0 Å². The standard InChI is InChI=1S/C20H20ClN3O2S/c1-3-18-19(25)24(13-15-6-10-17(26-2)11-7-15)20(27-18)23-22-12-14-4-8-16(21)9-5-14/h4-12,18H,3,13H2,1-2H3/b22-12+,23-20+. The van der Waals surface area contributed by atoms with Gasteiger partial charge in [-0.15, -0.1) is 5.10 Å². The predicted octanol–water partition coefficient (Wildman–Crippen LogP) is 4.59. The smallest absolute Gasteiger partial charge is 0.242 e. The maximum atomic E-state index is 12.7. The van der Waals surface area contributed by atoms with Crippen molar-refractivity contribution >= 4 is 40.7 Å². The van der Waals surface area contributed by atoms with Crippen molar-refractivity contribution in [2.45, 2.75) is 25.1 Å². The summed E-state index contributed by atoms with van der Waals surface area (Å²) in [6, 6.07) is 15.0. The van der Waals surface area contributed by atoms with E-state index in [-0.39, 0.29) is 11.2 Å². The van der Waals surface area contributed by atoms with E-state index in [9.17, 15) is 4.79 Å². The Bertz CT molecular complexity index is 851. The first kappa shape index (κ1) is 19.5. The summed E-state index contributed by atoms with van der Waals surface area (Å²) >= 11 is 7.34. The molecule has 2 aromatic rings. The van der Waals surface area contributed by atoms with E-state index in [1.165, 1.54) is 11.8 Å². The summed E-state index contributed by atoms with van der Waals surface area (Å²) in [5.41, 5.74) is 1.91. The fourth-order valence-electron chi connectivity index (χ4n) is 2.60. The predicted molar refractivity (Wildman–Crippen MR) is 112 cm³/mol. The van der Waals surface area contributed by atoms with Crippen LogP contribution in [0, 0.1) is 0 Å². The molecule has 1 saturated heterocycles. The van der Waals surface area contributed by atoms with Gasteiger partial charge in [0.2, 0.25) is 5.91 Å². The molecule has 1 amide bonds. The van der Waals surface area contributed by atoms with Gasteiger partial charge >= 0.3 is 0 Å². The number of amides is 1. The highest BCUT2D eigenvalue weighted by Crippen LogP contribution is 2.31. The minimum Gasteiger partial charge on any atom is -0.497 e. The lowest BCUT2D eigenvalue weighted by Crippen LogP contribution is -2.31. The van der Waals surface area contributed by atoms with E-state index in [0.717, 1.165) is 23.3 Å². The summed E-state index contributed by atoms with van der Waals surface area (Å²) in [4.78, 5) is 14.4. The highest BCUT2D eigenvalue weighted by atomic mass is 35.5. The lowest BCUT2D eigenvalue weighted by Gasteiger charge is -2.16. The van der Waals surface area contributed by atoms with Gasteiger partial charge in [0.25, 0.3) is 0 Å². The largest absolute Gasteiger partial charge is 0.497 e. The number of benzene rings is 2. The van der Waals surface area contributed by atoms with E-state index in [4.69, 9.17) is 16.3 Å². The van der Waals surface area contributed by atoms with Crippen molar-refractivity contribution in [2.75, 3.05) is 7.11 Å². The van der Waals surface area contributed by atoms with Gasteiger partial charge in [-0.1, -0.05) is 54.6 Å². The van der Waals surface area contributed by atoms with Crippen LogP contribution in [0.1, 0.15) is 24.5 Å². The van der Waals surface area contributed by atoms with Crippen molar-refractivity contribution in [3.8, 4) is 5.75 Å². The van der Waals surface area contributed by atoms with E-state index in [0.29, 0.717) is 16.7 Å². The molecule has 1 fully saturated rings. The van der Waals surface area contributed by atoms with Crippen molar-refractivity contribution in [3.63, 3.8) is 0 Å². The van der Waals surface area contributed by atoms with Gasteiger partial charge in [-0.3, -0.25) is 9.69 Å². The molecule has 7 heteroatoms. The average molecular weight is 402 g/mol. The van der Waals surface area contributed by atoms with Crippen molar-refractivity contribution < 1.29 is 9.53 Å². The maximum Gasteiger partial charge on any atom is 0.242 e. The van der Waals surface area contributed by atoms with Crippen molar-refractivity contribution in [3.05, 3.63) is 64.7 Å². The molecule has 140 valence electrons. The number of hydrogen-bond donors (Lipinski definition) is 0. The Morgan fingerprint density at radius 2 is 1.89 bits per heavy atom. The fourth-order valence-corrected chi connectivity index (χ4v) is 3.75. The van der Waals surface area contributed by atoms with Crippen LogP contribution in [0.5, 0.6) is 5.75 Å².